The highest BCUT2D eigenvalue weighted by Gasteiger charge is 2.56. The molecule has 4 fully saturated rings. The molecule has 4 saturated heterocycles. The van der Waals surface area contributed by atoms with Crippen molar-refractivity contribution in [3.63, 3.8) is 0 Å². The lowest BCUT2D eigenvalue weighted by atomic mass is 9.76. The van der Waals surface area contributed by atoms with Gasteiger partial charge in [-0.1, -0.05) is 0 Å². The number of ether oxygens (including phenoxy) is 1. The van der Waals surface area contributed by atoms with E-state index >= 15 is 0 Å². The Hall–Kier alpha value is -0.130. The van der Waals surface area contributed by atoms with Gasteiger partial charge in [0, 0.05) is 6.54 Å². The molecule has 0 aliphatic carbocycles. The number of rotatable bonds is 0. The summed E-state index contributed by atoms with van der Waals surface area (Å²) < 4.78 is 29.3. The molecule has 0 saturated carbocycles. The van der Waals surface area contributed by atoms with Crippen molar-refractivity contribution in [1.82, 2.24) is 4.90 Å². The summed E-state index contributed by atoms with van der Waals surface area (Å²) in [4.78, 5) is 2.34. The molecule has 0 unspecified atom stereocenters. The van der Waals surface area contributed by atoms with E-state index in [2.05, 4.69) is 4.90 Å². The Morgan fingerprint density at radius 3 is 2.40 bits per heavy atom. The molecule has 2 atom stereocenters. The third kappa shape index (κ3) is 1.36. The fourth-order valence-electron chi connectivity index (χ4n) is 3.32. The van der Waals surface area contributed by atoms with Gasteiger partial charge in [-0.3, -0.25) is 0 Å². The molecule has 0 aromatic rings. The van der Waals surface area contributed by atoms with Crippen molar-refractivity contribution in [2.45, 2.75) is 30.8 Å². The predicted molar refractivity (Wildman–Crippen MR) is 56.2 cm³/mol. The maximum atomic E-state index is 11.8. The molecule has 5 heteroatoms. The van der Waals surface area contributed by atoms with Crippen LogP contribution < -0.4 is 0 Å². The molecule has 0 radical (unpaired) electrons. The van der Waals surface area contributed by atoms with E-state index in [1.54, 1.807) is 6.92 Å². The largest absolute Gasteiger partial charge is 0.353 e. The van der Waals surface area contributed by atoms with Gasteiger partial charge in [-0.05, 0) is 38.8 Å². The van der Waals surface area contributed by atoms with E-state index in [1.165, 1.54) is 0 Å². The maximum absolute atomic E-state index is 11.8. The molecule has 0 N–H and O–H groups in total. The molecule has 86 valence electrons. The van der Waals surface area contributed by atoms with E-state index in [1.807, 2.05) is 0 Å². The SMILES string of the molecule is C[C@@H]1O[C@]2(CN3CCC2CC3)CS1(=O)=O. The van der Waals surface area contributed by atoms with Gasteiger partial charge in [0.05, 0.1) is 11.4 Å². The van der Waals surface area contributed by atoms with Crippen LogP contribution in [0.1, 0.15) is 19.8 Å². The molecule has 0 aromatic heterocycles. The van der Waals surface area contributed by atoms with Gasteiger partial charge in [0.15, 0.2) is 15.3 Å². The van der Waals surface area contributed by atoms with Crippen LogP contribution in [-0.4, -0.2) is 49.7 Å². The summed E-state index contributed by atoms with van der Waals surface area (Å²) in [5, 5.41) is 0. The van der Waals surface area contributed by atoms with Crippen LogP contribution in [-0.2, 0) is 14.6 Å². The molecule has 4 nitrogen and oxygen atoms in total. The third-order valence-corrected chi connectivity index (χ3v) is 6.17. The van der Waals surface area contributed by atoms with Crippen molar-refractivity contribution >= 4 is 9.84 Å². The van der Waals surface area contributed by atoms with Crippen LogP contribution in [0, 0.1) is 5.92 Å². The molecule has 4 rings (SSSR count). The highest BCUT2D eigenvalue weighted by Crippen LogP contribution is 2.44. The van der Waals surface area contributed by atoms with E-state index < -0.39 is 15.3 Å². The van der Waals surface area contributed by atoms with Crippen LogP contribution in [0.25, 0.3) is 0 Å². The molecule has 2 bridgehead atoms. The first kappa shape index (κ1) is 10.1. The first-order chi connectivity index (χ1) is 7.02. The third-order valence-electron chi connectivity index (χ3n) is 4.17. The van der Waals surface area contributed by atoms with Gasteiger partial charge in [0.1, 0.15) is 0 Å². The Kier molecular flexibility index (Phi) is 1.98. The van der Waals surface area contributed by atoms with E-state index in [0.717, 1.165) is 32.5 Å². The van der Waals surface area contributed by atoms with Crippen LogP contribution in [0.15, 0.2) is 0 Å². The van der Waals surface area contributed by atoms with Crippen molar-refractivity contribution in [3.05, 3.63) is 0 Å². The lowest BCUT2D eigenvalue weighted by Crippen LogP contribution is -2.60. The minimum absolute atomic E-state index is 0.238. The zero-order chi connectivity index (χ0) is 10.7. The van der Waals surface area contributed by atoms with Gasteiger partial charge in [0.25, 0.3) is 0 Å². The molecular formula is C10H17NO3S. The summed E-state index contributed by atoms with van der Waals surface area (Å²) in [6, 6.07) is 0. The average molecular weight is 231 g/mol. The smallest absolute Gasteiger partial charge is 0.179 e. The summed E-state index contributed by atoms with van der Waals surface area (Å²) in [5.41, 5.74) is -0.965. The van der Waals surface area contributed by atoms with Crippen LogP contribution in [0.3, 0.4) is 0 Å². The molecule has 15 heavy (non-hydrogen) atoms. The highest BCUT2D eigenvalue weighted by molar-refractivity contribution is 7.92. The highest BCUT2D eigenvalue weighted by atomic mass is 32.2. The van der Waals surface area contributed by atoms with Crippen LogP contribution in [0.4, 0.5) is 0 Å². The van der Waals surface area contributed by atoms with E-state index in [-0.39, 0.29) is 11.4 Å². The fraction of sp³-hybridized carbons (Fsp3) is 1.00. The Morgan fingerprint density at radius 1 is 1.33 bits per heavy atom. The first-order valence-corrected chi connectivity index (χ1v) is 7.35. The zero-order valence-corrected chi connectivity index (χ0v) is 9.79. The summed E-state index contributed by atoms with van der Waals surface area (Å²) in [6.45, 7) is 4.72. The summed E-state index contributed by atoms with van der Waals surface area (Å²) in [5.74, 6) is 0.699. The average Bonchev–Trinajstić information content (AvgIpc) is 2.38. The lowest BCUT2D eigenvalue weighted by Gasteiger charge is -2.50. The first-order valence-electron chi connectivity index (χ1n) is 5.64. The normalized spacial score (nSPS) is 52.5. The standard InChI is InChI=1S/C10H17NO3S/c1-8-14-10(7-15(8,12)13)6-11-4-2-9(10)3-5-11/h8-9H,2-7H2,1H3/t8-,10-/m1/s1. The van der Waals surface area contributed by atoms with Crippen LogP contribution in [0.5, 0.6) is 0 Å². The minimum atomic E-state index is -3.00. The monoisotopic (exact) mass is 231 g/mol. The molecular weight excluding hydrogens is 214 g/mol. The van der Waals surface area contributed by atoms with Crippen molar-refractivity contribution in [1.29, 1.82) is 0 Å². The number of hydrogen-bond donors (Lipinski definition) is 0. The van der Waals surface area contributed by atoms with Crippen molar-refractivity contribution in [3.8, 4) is 0 Å². The second-order valence-corrected chi connectivity index (χ2v) is 7.39. The van der Waals surface area contributed by atoms with Gasteiger partial charge >= 0.3 is 0 Å². The topological polar surface area (TPSA) is 46.6 Å². The second-order valence-electron chi connectivity index (χ2n) is 5.11. The summed E-state index contributed by atoms with van der Waals surface area (Å²) in [7, 11) is -3.00. The maximum Gasteiger partial charge on any atom is 0.179 e. The number of hydrogen-bond acceptors (Lipinski definition) is 4. The van der Waals surface area contributed by atoms with Crippen molar-refractivity contribution < 1.29 is 13.2 Å². The Labute approximate surface area is 90.5 Å². The molecule has 4 heterocycles. The Morgan fingerprint density at radius 2 is 2.00 bits per heavy atom. The van der Waals surface area contributed by atoms with Crippen molar-refractivity contribution in [2.75, 3.05) is 25.4 Å². The molecule has 4 aliphatic rings. The van der Waals surface area contributed by atoms with Crippen molar-refractivity contribution in [2.24, 2.45) is 5.92 Å². The number of fused-ring (bicyclic) bond motifs is 2. The van der Waals surface area contributed by atoms with E-state index in [9.17, 15) is 8.42 Å². The molecule has 4 aliphatic heterocycles. The van der Waals surface area contributed by atoms with Gasteiger partial charge in [-0.2, -0.15) is 0 Å². The van der Waals surface area contributed by atoms with Gasteiger partial charge in [-0.25, -0.2) is 8.42 Å². The lowest BCUT2D eigenvalue weighted by molar-refractivity contribution is -0.133. The predicted octanol–water partition coefficient (Wildman–Crippen LogP) is 0.242. The van der Waals surface area contributed by atoms with Gasteiger partial charge < -0.3 is 9.64 Å². The molecule has 0 amide bonds. The minimum Gasteiger partial charge on any atom is -0.353 e. The van der Waals surface area contributed by atoms with Crippen LogP contribution in [0.2, 0.25) is 0 Å². The fourth-order valence-corrected chi connectivity index (χ4v) is 4.97. The quantitative estimate of drug-likeness (QED) is 0.599. The number of sulfone groups is 1. The van der Waals surface area contributed by atoms with E-state index in [0.29, 0.717) is 5.92 Å². The Balaban J connectivity index is 1.94. The summed E-state index contributed by atoms with van der Waals surface area (Å²) >= 11 is 0. The van der Waals surface area contributed by atoms with E-state index in [4.69, 9.17) is 4.74 Å². The second kappa shape index (κ2) is 2.96. The van der Waals surface area contributed by atoms with Crippen LogP contribution >= 0.6 is 0 Å². The zero-order valence-electron chi connectivity index (χ0n) is 8.98. The number of nitrogens with zero attached hydrogens (tertiary/aromatic N) is 1. The summed E-state index contributed by atoms with van der Waals surface area (Å²) in [6.07, 6.45) is 2.20. The Bertz CT molecular complexity index is 372. The number of piperidine rings is 3. The molecule has 0 aromatic carbocycles. The molecule has 1 spiro atoms. The van der Waals surface area contributed by atoms with Gasteiger partial charge in [-0.15, -0.1) is 0 Å². The van der Waals surface area contributed by atoms with Gasteiger partial charge in [0.2, 0.25) is 0 Å².